The molecule has 1 saturated carbocycles. The molecule has 4 aromatic rings. The van der Waals surface area contributed by atoms with Crippen LogP contribution in [0, 0.1) is 22.7 Å². The van der Waals surface area contributed by atoms with Crippen molar-refractivity contribution in [2.24, 2.45) is 11.3 Å². The molecule has 134 valence electrons. The number of hydrogen-bond donors (Lipinski definition) is 1. The maximum atomic E-state index is 8.93. The summed E-state index contributed by atoms with van der Waals surface area (Å²) in [5.74, 6) is 1.85. The fraction of sp³-hybridized carbons (Fsp3) is 0.350. The van der Waals surface area contributed by atoms with Crippen molar-refractivity contribution in [2.75, 3.05) is 0 Å². The highest BCUT2D eigenvalue weighted by Crippen LogP contribution is 2.57. The molecule has 0 spiro atoms. The van der Waals surface area contributed by atoms with E-state index >= 15 is 0 Å². The van der Waals surface area contributed by atoms with Gasteiger partial charge in [-0.1, -0.05) is 13.8 Å². The summed E-state index contributed by atoms with van der Waals surface area (Å²) in [4.78, 5) is 12.0. The number of H-pyrrole nitrogens is 1. The van der Waals surface area contributed by atoms with Crippen LogP contribution in [0.5, 0.6) is 0 Å². The monoisotopic (exact) mass is 357 g/mol. The first-order valence-corrected chi connectivity index (χ1v) is 9.10. The average molecular weight is 357 g/mol. The second-order valence-corrected chi connectivity index (χ2v) is 7.88. The van der Waals surface area contributed by atoms with E-state index in [0.29, 0.717) is 17.4 Å². The predicted octanol–water partition coefficient (Wildman–Crippen LogP) is 3.24. The van der Waals surface area contributed by atoms with Gasteiger partial charge < -0.3 is 4.98 Å². The maximum absolute atomic E-state index is 8.93. The molecule has 0 saturated heterocycles. The van der Waals surface area contributed by atoms with Gasteiger partial charge in [-0.15, -0.1) is 10.2 Å². The van der Waals surface area contributed by atoms with Crippen molar-refractivity contribution in [2.45, 2.75) is 32.6 Å². The minimum Gasteiger partial charge on any atom is -0.345 e. The van der Waals surface area contributed by atoms with Crippen molar-refractivity contribution in [3.8, 4) is 6.07 Å². The Balaban J connectivity index is 1.45. The van der Waals surface area contributed by atoms with Gasteiger partial charge in [0.15, 0.2) is 11.3 Å². The summed E-state index contributed by atoms with van der Waals surface area (Å²) in [6, 6.07) is 7.94. The van der Waals surface area contributed by atoms with E-state index in [9.17, 15) is 0 Å². The van der Waals surface area contributed by atoms with Crippen molar-refractivity contribution in [1.82, 2.24) is 29.5 Å². The number of aromatic nitrogens is 6. The van der Waals surface area contributed by atoms with Gasteiger partial charge >= 0.3 is 0 Å². The highest BCUT2D eigenvalue weighted by atomic mass is 15.3. The van der Waals surface area contributed by atoms with E-state index < -0.39 is 0 Å². The van der Waals surface area contributed by atoms with Crippen LogP contribution in [0.25, 0.3) is 16.8 Å². The summed E-state index contributed by atoms with van der Waals surface area (Å²) >= 11 is 0. The van der Waals surface area contributed by atoms with Crippen LogP contribution in [0.1, 0.15) is 43.3 Å². The lowest BCUT2D eigenvalue weighted by molar-refractivity contribution is 0.0275. The molecule has 2 atom stereocenters. The van der Waals surface area contributed by atoms with E-state index in [1.165, 1.54) is 0 Å². The number of pyridine rings is 1. The lowest BCUT2D eigenvalue weighted by Crippen LogP contribution is -2.45. The molecule has 0 amide bonds. The fourth-order valence-corrected chi connectivity index (χ4v) is 4.29. The zero-order valence-corrected chi connectivity index (χ0v) is 15.2. The van der Waals surface area contributed by atoms with Crippen LogP contribution in [-0.4, -0.2) is 29.5 Å². The Labute approximate surface area is 156 Å². The highest BCUT2D eigenvalue weighted by molar-refractivity contribution is 5.74. The Kier molecular flexibility index (Phi) is 3.31. The number of nitriles is 1. The minimum atomic E-state index is 0.0877. The minimum absolute atomic E-state index is 0.0877. The first-order valence-electron chi connectivity index (χ1n) is 9.10. The smallest absolute Gasteiger partial charge is 0.179 e. The van der Waals surface area contributed by atoms with E-state index in [1.807, 2.05) is 24.4 Å². The van der Waals surface area contributed by atoms with Crippen LogP contribution >= 0.6 is 0 Å². The standard InChI is InChI=1S/C20H19N7/c1-20(2)13(7-14-4-3-12(9-21)10-23-14)8-15(20)19-26-25-17-11-24-18-16(27(17)19)5-6-22-18/h3-6,10-11,13,15,22H,7-8H2,1-2H3/t13-,15-/m1/s1. The van der Waals surface area contributed by atoms with Crippen molar-refractivity contribution < 1.29 is 0 Å². The number of nitrogens with one attached hydrogen (secondary N) is 1. The molecule has 1 aliphatic rings. The third-order valence-electron chi connectivity index (χ3n) is 6.16. The van der Waals surface area contributed by atoms with Crippen LogP contribution in [0.4, 0.5) is 0 Å². The number of nitrogens with zero attached hydrogens (tertiary/aromatic N) is 6. The van der Waals surface area contributed by atoms with Gasteiger partial charge in [0, 0.05) is 24.0 Å². The lowest BCUT2D eigenvalue weighted by Gasteiger charge is -2.51. The van der Waals surface area contributed by atoms with Crippen LogP contribution in [0.3, 0.4) is 0 Å². The van der Waals surface area contributed by atoms with Crippen LogP contribution < -0.4 is 0 Å². The van der Waals surface area contributed by atoms with Gasteiger partial charge in [-0.05, 0) is 42.4 Å². The molecular weight excluding hydrogens is 338 g/mol. The second-order valence-electron chi connectivity index (χ2n) is 7.88. The largest absolute Gasteiger partial charge is 0.345 e. The first kappa shape index (κ1) is 15.9. The zero-order valence-electron chi connectivity index (χ0n) is 15.2. The Morgan fingerprint density at radius 3 is 2.85 bits per heavy atom. The Morgan fingerprint density at radius 2 is 2.11 bits per heavy atom. The van der Waals surface area contributed by atoms with Gasteiger partial charge in [0.2, 0.25) is 0 Å². The van der Waals surface area contributed by atoms with Gasteiger partial charge in [0.25, 0.3) is 0 Å². The van der Waals surface area contributed by atoms with Gasteiger partial charge in [0.1, 0.15) is 11.9 Å². The Morgan fingerprint density at radius 1 is 1.22 bits per heavy atom. The van der Waals surface area contributed by atoms with E-state index in [4.69, 9.17) is 5.26 Å². The SMILES string of the molecule is CC1(C)[C@H](Cc2ccc(C#N)cn2)C[C@@H]1c1nnc2cnc3[nH]ccc3n12. The molecule has 0 aliphatic heterocycles. The molecule has 0 radical (unpaired) electrons. The molecule has 27 heavy (non-hydrogen) atoms. The van der Waals surface area contributed by atoms with Gasteiger partial charge in [-0.3, -0.25) is 9.38 Å². The summed E-state index contributed by atoms with van der Waals surface area (Å²) in [6.45, 7) is 4.60. The van der Waals surface area contributed by atoms with Gasteiger partial charge in [0.05, 0.1) is 17.3 Å². The van der Waals surface area contributed by atoms with Gasteiger partial charge in [-0.25, -0.2) is 4.98 Å². The molecule has 1 N–H and O–H groups in total. The van der Waals surface area contributed by atoms with Crippen molar-refractivity contribution >= 4 is 16.8 Å². The first-order chi connectivity index (χ1) is 13.1. The second kappa shape index (κ2) is 5.61. The molecular formula is C20H19N7. The predicted molar refractivity (Wildman–Crippen MR) is 99.9 cm³/mol. The third kappa shape index (κ3) is 2.33. The third-order valence-corrected chi connectivity index (χ3v) is 6.16. The Hall–Kier alpha value is -3.27. The normalized spacial score (nSPS) is 21.2. The average Bonchev–Trinajstić information content (AvgIpc) is 3.31. The number of aromatic amines is 1. The maximum Gasteiger partial charge on any atom is 0.179 e. The molecule has 5 rings (SSSR count). The summed E-state index contributed by atoms with van der Waals surface area (Å²) in [6.07, 6.45) is 7.27. The fourth-order valence-electron chi connectivity index (χ4n) is 4.29. The summed E-state index contributed by atoms with van der Waals surface area (Å²) in [7, 11) is 0. The summed E-state index contributed by atoms with van der Waals surface area (Å²) < 4.78 is 2.13. The molecule has 0 unspecified atom stereocenters. The van der Waals surface area contributed by atoms with Crippen LogP contribution in [0.15, 0.2) is 36.8 Å². The van der Waals surface area contributed by atoms with Crippen LogP contribution in [-0.2, 0) is 6.42 Å². The topological polar surface area (TPSA) is 95.5 Å². The molecule has 1 fully saturated rings. The molecule has 7 heteroatoms. The molecule has 7 nitrogen and oxygen atoms in total. The molecule has 0 aromatic carbocycles. The lowest BCUT2D eigenvalue weighted by atomic mass is 9.53. The molecule has 4 aromatic heterocycles. The zero-order chi connectivity index (χ0) is 18.6. The van der Waals surface area contributed by atoms with E-state index in [1.54, 1.807) is 12.4 Å². The van der Waals surface area contributed by atoms with Crippen LogP contribution in [0.2, 0.25) is 0 Å². The van der Waals surface area contributed by atoms with E-state index in [2.05, 4.69) is 49.5 Å². The quantitative estimate of drug-likeness (QED) is 0.607. The highest BCUT2D eigenvalue weighted by Gasteiger charge is 2.50. The number of fused-ring (bicyclic) bond motifs is 3. The van der Waals surface area contributed by atoms with E-state index in [-0.39, 0.29) is 5.41 Å². The molecule has 0 bridgehead atoms. The molecule has 4 heterocycles. The van der Waals surface area contributed by atoms with Gasteiger partial charge in [-0.2, -0.15) is 5.26 Å². The van der Waals surface area contributed by atoms with E-state index in [0.717, 1.165) is 41.2 Å². The number of rotatable bonds is 3. The van der Waals surface area contributed by atoms with Crippen molar-refractivity contribution in [3.63, 3.8) is 0 Å². The Bertz CT molecular complexity index is 1180. The summed E-state index contributed by atoms with van der Waals surface area (Å²) in [5, 5.41) is 17.8. The molecule has 1 aliphatic carbocycles. The number of hydrogen-bond acceptors (Lipinski definition) is 5. The van der Waals surface area contributed by atoms with Crippen molar-refractivity contribution in [1.29, 1.82) is 5.26 Å². The van der Waals surface area contributed by atoms with Crippen molar-refractivity contribution in [3.05, 3.63) is 53.9 Å². The summed E-state index contributed by atoms with van der Waals surface area (Å²) in [5.41, 5.74) is 4.37.